The molecule has 0 saturated heterocycles. The van der Waals surface area contributed by atoms with E-state index in [-0.39, 0.29) is 93.2 Å². The predicted octanol–water partition coefficient (Wildman–Crippen LogP) is 4.36. The van der Waals surface area contributed by atoms with Crippen LogP contribution in [-0.4, -0.2) is 131 Å². The fourth-order valence-corrected chi connectivity index (χ4v) is 7.84. The van der Waals surface area contributed by atoms with Gasteiger partial charge in [0, 0.05) is 48.9 Å². The Balaban J connectivity index is 0.000000255. The van der Waals surface area contributed by atoms with Crippen molar-refractivity contribution in [3.63, 3.8) is 0 Å². The maximum atomic E-state index is 12.2. The van der Waals surface area contributed by atoms with Crippen LogP contribution in [0, 0.1) is 6.92 Å². The zero-order chi connectivity index (χ0) is 49.1. The molecule has 0 unspecified atom stereocenters. The van der Waals surface area contributed by atoms with Gasteiger partial charge in [-0.15, -0.1) is 0 Å². The molecule has 4 aromatic carbocycles. The van der Waals surface area contributed by atoms with Gasteiger partial charge >= 0.3 is 0 Å². The van der Waals surface area contributed by atoms with Gasteiger partial charge in [-0.3, -0.25) is 8.74 Å². The van der Waals surface area contributed by atoms with Crippen molar-refractivity contribution in [2.24, 2.45) is 0 Å². The molecule has 0 spiro atoms. The fourth-order valence-electron chi connectivity index (χ4n) is 6.29. The van der Waals surface area contributed by atoms with Crippen molar-refractivity contribution >= 4 is 84.8 Å². The van der Waals surface area contributed by atoms with Gasteiger partial charge in [0.15, 0.2) is 0 Å². The minimum Gasteiger partial charge on any atom is -0.395 e. The summed E-state index contributed by atoms with van der Waals surface area (Å²) in [6, 6.07) is 28.4. The molecule has 6 rings (SSSR count). The molecule has 0 radical (unpaired) electrons. The third kappa shape index (κ3) is 15.9. The number of aliphatic hydroxyl groups excluding tert-OH is 4. The van der Waals surface area contributed by atoms with Crippen molar-refractivity contribution in [1.82, 2.24) is 29.9 Å². The molecule has 6 aromatic rings. The van der Waals surface area contributed by atoms with E-state index in [0.717, 1.165) is 18.5 Å². The zero-order valence-electron chi connectivity index (χ0n) is 37.4. The number of benzene rings is 4. The summed E-state index contributed by atoms with van der Waals surface area (Å²) in [7, 11) is -7.04. The lowest BCUT2D eigenvalue weighted by Gasteiger charge is -2.21. The van der Waals surface area contributed by atoms with Gasteiger partial charge in [-0.2, -0.15) is 46.7 Å². The van der Waals surface area contributed by atoms with Gasteiger partial charge in [0.1, 0.15) is 5.75 Å². The van der Waals surface area contributed by atoms with Gasteiger partial charge in [-0.05, 0) is 79.1 Å². The molecule has 0 atom stereocenters. The molecule has 0 amide bonds. The van der Waals surface area contributed by atoms with Crippen molar-refractivity contribution in [3.05, 3.63) is 120 Å². The van der Waals surface area contributed by atoms with Gasteiger partial charge < -0.3 is 51.5 Å². The van der Waals surface area contributed by atoms with Crippen LogP contribution in [0.1, 0.15) is 23.6 Å². The minimum absolute atomic E-state index is 0.0223. The molecule has 0 aliphatic heterocycles. The molecular formula is C44H54N12O10S2. The Hall–Kier alpha value is -6.90. The number of nitrogens with zero attached hydrogens (tertiary/aromatic N) is 8. The SMILES string of the molecule is C/C=C/c1ccc(Nc2nc(Nc3ccccc3)nc(N(CCO)CCO)n2)cc1CS(=O)(=O)O.COS(=O)(=O)c1cc(Nc2nc(Nc3ccccc3)nc(N(CCO)CCO)n2)ccc1C. The topological polar surface area (TPSA) is 311 Å². The van der Waals surface area contributed by atoms with Gasteiger partial charge in [-0.25, -0.2) is 0 Å². The Morgan fingerprint density at radius 1 is 0.574 bits per heavy atom. The van der Waals surface area contributed by atoms with E-state index in [1.165, 1.54) is 6.07 Å². The lowest BCUT2D eigenvalue weighted by atomic mass is 10.1. The number of allylic oxidation sites excluding steroid dienone is 1. The first-order valence-corrected chi connectivity index (χ1v) is 23.9. The Bertz CT molecular complexity index is 2800. The summed E-state index contributed by atoms with van der Waals surface area (Å²) in [5, 5.41) is 49.9. The van der Waals surface area contributed by atoms with Crippen molar-refractivity contribution in [3.8, 4) is 0 Å². The summed E-state index contributed by atoms with van der Waals surface area (Å²) in [6.45, 7) is 3.63. The van der Waals surface area contributed by atoms with Crippen LogP contribution in [0.25, 0.3) is 6.08 Å². The molecular weight excluding hydrogens is 921 g/mol. The molecule has 2 heterocycles. The fraction of sp³-hybridized carbons (Fsp3) is 0.273. The van der Waals surface area contributed by atoms with E-state index >= 15 is 0 Å². The molecule has 22 nitrogen and oxygen atoms in total. The molecule has 24 heteroatoms. The first kappa shape index (κ1) is 52.1. The number of anilines is 10. The number of hydrogen-bond acceptors (Lipinski definition) is 21. The Labute approximate surface area is 394 Å². The number of rotatable bonds is 23. The van der Waals surface area contributed by atoms with Crippen molar-refractivity contribution in [1.29, 1.82) is 0 Å². The van der Waals surface area contributed by atoms with E-state index in [0.29, 0.717) is 28.1 Å². The third-order valence-electron chi connectivity index (χ3n) is 9.37. The summed E-state index contributed by atoms with van der Waals surface area (Å²) >= 11 is 0. The average Bonchev–Trinajstić information content (AvgIpc) is 3.30. The first-order valence-electron chi connectivity index (χ1n) is 20.9. The molecule has 362 valence electrons. The highest BCUT2D eigenvalue weighted by Crippen LogP contribution is 2.27. The van der Waals surface area contributed by atoms with Crippen molar-refractivity contribution in [2.45, 2.75) is 24.5 Å². The highest BCUT2D eigenvalue weighted by Gasteiger charge is 2.19. The van der Waals surface area contributed by atoms with Crippen LogP contribution in [0.4, 0.5) is 58.4 Å². The molecule has 0 aliphatic carbocycles. The van der Waals surface area contributed by atoms with E-state index in [9.17, 15) is 41.8 Å². The van der Waals surface area contributed by atoms with Crippen LogP contribution in [0.5, 0.6) is 0 Å². The van der Waals surface area contributed by atoms with Crippen LogP contribution in [0.2, 0.25) is 0 Å². The molecule has 0 fully saturated rings. The maximum Gasteiger partial charge on any atom is 0.297 e. The molecule has 2 aromatic heterocycles. The predicted molar refractivity (Wildman–Crippen MR) is 260 cm³/mol. The Morgan fingerprint density at radius 3 is 1.38 bits per heavy atom. The number of aliphatic hydroxyl groups is 4. The normalized spacial score (nSPS) is 11.4. The van der Waals surface area contributed by atoms with Crippen molar-refractivity contribution in [2.75, 3.05) is 90.8 Å². The van der Waals surface area contributed by atoms with Crippen LogP contribution < -0.4 is 31.1 Å². The molecule has 0 saturated carbocycles. The van der Waals surface area contributed by atoms with Crippen LogP contribution >= 0.6 is 0 Å². The Kier molecular flexibility index (Phi) is 19.4. The van der Waals surface area contributed by atoms with Gasteiger partial charge in [0.2, 0.25) is 35.7 Å². The van der Waals surface area contributed by atoms with E-state index in [1.807, 2.05) is 67.6 Å². The highest BCUT2D eigenvalue weighted by molar-refractivity contribution is 7.86. The van der Waals surface area contributed by atoms with E-state index in [4.69, 9.17) is 0 Å². The number of aromatic nitrogens is 6. The molecule has 9 N–H and O–H groups in total. The van der Waals surface area contributed by atoms with E-state index < -0.39 is 26.0 Å². The maximum absolute atomic E-state index is 12.2. The smallest absolute Gasteiger partial charge is 0.297 e. The summed E-state index contributed by atoms with van der Waals surface area (Å²) in [6.07, 6.45) is 3.52. The van der Waals surface area contributed by atoms with Gasteiger partial charge in [-0.1, -0.05) is 60.7 Å². The molecule has 0 bridgehead atoms. The standard InChI is InChI=1S/C23H28N6O5S.C21H26N6O5S/c1-2-6-17-9-10-20(15-18(17)16-35(32,33)34)25-22-26-21(24-19-7-4-3-5-8-19)27-23(28-22)29(11-13-30)12-14-31;1-15-8-9-17(14-18(15)33(30,31)32-2)23-20-24-19(22-16-6-4-3-5-7-16)25-21(26-20)27(10-12-28)11-13-29/h2-10,15,30-31H,11-14,16H2,1H3,(H,32,33,34)(H2,24,25,26,27,28);3-9,14,28-29H,10-13H2,1-2H3,(H2,22,23,24,25,26)/b6-2+;. The zero-order valence-corrected chi connectivity index (χ0v) is 39.1. The van der Waals surface area contributed by atoms with Crippen molar-refractivity contribution < 1.29 is 46.0 Å². The molecule has 0 aliphatic rings. The summed E-state index contributed by atoms with van der Waals surface area (Å²) in [4.78, 5) is 29.7. The van der Waals surface area contributed by atoms with Gasteiger partial charge in [0.05, 0.1) is 38.4 Å². The molecule has 68 heavy (non-hydrogen) atoms. The Morgan fingerprint density at radius 2 is 0.985 bits per heavy atom. The first-order chi connectivity index (χ1) is 32.7. The van der Waals surface area contributed by atoms with Crippen LogP contribution in [0.15, 0.2) is 108 Å². The summed E-state index contributed by atoms with van der Waals surface area (Å²) in [5.74, 6) is 0.666. The van der Waals surface area contributed by atoms with E-state index in [2.05, 4.69) is 55.4 Å². The minimum atomic E-state index is -4.25. The second-order valence-corrected chi connectivity index (χ2v) is 17.5. The number of para-hydroxylation sites is 2. The monoisotopic (exact) mass is 974 g/mol. The van der Waals surface area contributed by atoms with E-state index in [1.54, 1.807) is 59.2 Å². The highest BCUT2D eigenvalue weighted by atomic mass is 32.2. The number of nitrogens with one attached hydrogen (secondary N) is 4. The number of aryl methyl sites for hydroxylation is 1. The van der Waals surface area contributed by atoms with Crippen LogP contribution in [0.3, 0.4) is 0 Å². The largest absolute Gasteiger partial charge is 0.395 e. The second kappa shape index (κ2) is 25.3. The quantitative estimate of drug-likeness (QED) is 0.0318. The average molecular weight is 975 g/mol. The number of hydrogen-bond donors (Lipinski definition) is 9. The second-order valence-electron chi connectivity index (χ2n) is 14.4. The third-order valence-corrected chi connectivity index (χ3v) is 11.5. The lowest BCUT2D eigenvalue weighted by Crippen LogP contribution is -2.31. The van der Waals surface area contributed by atoms with Gasteiger partial charge in [0.25, 0.3) is 20.2 Å². The summed E-state index contributed by atoms with van der Waals surface area (Å²) < 4.78 is 61.5. The van der Waals surface area contributed by atoms with Crippen LogP contribution in [-0.2, 0) is 30.2 Å². The lowest BCUT2D eigenvalue weighted by molar-refractivity contribution is 0.279. The summed E-state index contributed by atoms with van der Waals surface area (Å²) in [5.41, 5.74) is 4.00.